The van der Waals surface area contributed by atoms with Gasteiger partial charge in [-0.15, -0.1) is 0 Å². The van der Waals surface area contributed by atoms with Crippen LogP contribution in [0, 0.1) is 0 Å². The van der Waals surface area contributed by atoms with Crippen molar-refractivity contribution in [2.24, 2.45) is 0 Å². The number of hydrogen-bond donors (Lipinski definition) is 0. The molecule has 0 aliphatic carbocycles. The number of aromatic nitrogens is 1. The van der Waals surface area contributed by atoms with E-state index in [1.165, 1.54) is 21.8 Å². The van der Waals surface area contributed by atoms with E-state index < -0.39 is 0 Å². The van der Waals surface area contributed by atoms with E-state index in [0.29, 0.717) is 0 Å². The van der Waals surface area contributed by atoms with Crippen molar-refractivity contribution in [1.29, 1.82) is 0 Å². The topological polar surface area (TPSA) is 4.93 Å². The van der Waals surface area contributed by atoms with Crippen LogP contribution in [-0.4, -0.2) is 4.57 Å². The van der Waals surface area contributed by atoms with Gasteiger partial charge in [0.1, 0.15) is 0 Å². The van der Waals surface area contributed by atoms with E-state index in [2.05, 4.69) is 84.5 Å². The van der Waals surface area contributed by atoms with Gasteiger partial charge in [-0.3, -0.25) is 0 Å². The Hall–Kier alpha value is -3.06. The Balaban J connectivity index is 2.10. The number of nitrogens with zero attached hydrogens (tertiary/aromatic N) is 1. The summed E-state index contributed by atoms with van der Waals surface area (Å²) in [6.07, 6.45) is 3.76. The third kappa shape index (κ3) is 2.09. The Labute approximate surface area is 135 Å². The Bertz CT molecular complexity index is 1030. The number of rotatable bonds is 3. The van der Waals surface area contributed by atoms with Crippen molar-refractivity contribution in [1.82, 2.24) is 4.57 Å². The second-order valence-electron chi connectivity index (χ2n) is 5.63. The summed E-state index contributed by atoms with van der Waals surface area (Å²) in [7, 11) is 0. The van der Waals surface area contributed by atoms with Crippen LogP contribution < -0.4 is 0 Å². The standard InChI is InChI=1S/C22H17N/c1-3-16-9-12-18(13-10-16)23-21-8-6-5-7-19(21)20-15-17(4-2)11-14-22(20)23/h3-15H,1-2H2. The minimum Gasteiger partial charge on any atom is -0.309 e. The molecule has 0 saturated heterocycles. The molecule has 0 spiro atoms. The van der Waals surface area contributed by atoms with Crippen molar-refractivity contribution < 1.29 is 0 Å². The molecule has 0 radical (unpaired) electrons. The minimum absolute atomic E-state index is 1.13. The van der Waals surface area contributed by atoms with E-state index in [-0.39, 0.29) is 0 Å². The first-order valence-electron chi connectivity index (χ1n) is 7.70. The van der Waals surface area contributed by atoms with Gasteiger partial charge in [-0.1, -0.05) is 61.7 Å². The van der Waals surface area contributed by atoms with Crippen LogP contribution in [0.5, 0.6) is 0 Å². The second kappa shape index (κ2) is 5.29. The highest BCUT2D eigenvalue weighted by atomic mass is 15.0. The summed E-state index contributed by atoms with van der Waals surface area (Å²) >= 11 is 0. The maximum atomic E-state index is 3.89. The molecule has 1 aromatic heterocycles. The summed E-state index contributed by atoms with van der Waals surface area (Å²) in [5.41, 5.74) is 5.86. The molecule has 0 amide bonds. The average molecular weight is 295 g/mol. The van der Waals surface area contributed by atoms with Crippen molar-refractivity contribution in [3.05, 3.63) is 91.0 Å². The molecular weight excluding hydrogens is 278 g/mol. The van der Waals surface area contributed by atoms with Gasteiger partial charge in [0.2, 0.25) is 0 Å². The fraction of sp³-hybridized carbons (Fsp3) is 0. The van der Waals surface area contributed by atoms with Gasteiger partial charge in [-0.2, -0.15) is 0 Å². The normalized spacial score (nSPS) is 11.0. The Morgan fingerprint density at radius 1 is 0.652 bits per heavy atom. The second-order valence-corrected chi connectivity index (χ2v) is 5.63. The predicted molar refractivity (Wildman–Crippen MR) is 101 cm³/mol. The van der Waals surface area contributed by atoms with Crippen molar-refractivity contribution >= 4 is 34.0 Å². The molecule has 3 aromatic carbocycles. The SMILES string of the molecule is C=Cc1ccc(-n2c3ccccc3c3cc(C=C)ccc32)cc1. The molecule has 0 N–H and O–H groups in total. The molecule has 4 rings (SSSR count). The smallest absolute Gasteiger partial charge is 0.0541 e. The summed E-state index contributed by atoms with van der Waals surface area (Å²) in [5, 5.41) is 2.52. The van der Waals surface area contributed by atoms with Gasteiger partial charge < -0.3 is 4.57 Å². The van der Waals surface area contributed by atoms with Crippen LogP contribution >= 0.6 is 0 Å². The molecule has 0 fully saturated rings. The van der Waals surface area contributed by atoms with Crippen LogP contribution in [0.15, 0.2) is 79.9 Å². The first-order chi connectivity index (χ1) is 11.3. The van der Waals surface area contributed by atoms with E-state index in [4.69, 9.17) is 0 Å². The number of fused-ring (bicyclic) bond motifs is 3. The van der Waals surface area contributed by atoms with E-state index in [1.54, 1.807) is 0 Å². The molecule has 0 atom stereocenters. The number of hydrogen-bond acceptors (Lipinski definition) is 0. The maximum Gasteiger partial charge on any atom is 0.0541 e. The third-order valence-electron chi connectivity index (χ3n) is 4.32. The van der Waals surface area contributed by atoms with Crippen LogP contribution in [0.1, 0.15) is 11.1 Å². The van der Waals surface area contributed by atoms with E-state index in [0.717, 1.165) is 16.8 Å². The molecule has 0 aliphatic heterocycles. The van der Waals surface area contributed by atoms with Gasteiger partial charge in [0.15, 0.2) is 0 Å². The van der Waals surface area contributed by atoms with Gasteiger partial charge in [0.05, 0.1) is 11.0 Å². The Morgan fingerprint density at radius 3 is 2.04 bits per heavy atom. The zero-order valence-electron chi connectivity index (χ0n) is 12.9. The molecule has 4 aromatic rings. The monoisotopic (exact) mass is 295 g/mol. The molecule has 1 heterocycles. The van der Waals surface area contributed by atoms with Crippen LogP contribution in [0.2, 0.25) is 0 Å². The molecule has 1 heteroatoms. The highest BCUT2D eigenvalue weighted by Crippen LogP contribution is 2.32. The number of para-hydroxylation sites is 1. The lowest BCUT2D eigenvalue weighted by Crippen LogP contribution is -1.93. The first-order valence-corrected chi connectivity index (χ1v) is 7.70. The van der Waals surface area contributed by atoms with Crippen molar-refractivity contribution in [2.75, 3.05) is 0 Å². The average Bonchev–Trinajstić information content (AvgIpc) is 2.95. The Morgan fingerprint density at radius 2 is 1.30 bits per heavy atom. The molecular formula is C22H17N. The van der Waals surface area contributed by atoms with Crippen molar-refractivity contribution in [2.45, 2.75) is 0 Å². The predicted octanol–water partition coefficient (Wildman–Crippen LogP) is 6.07. The first kappa shape index (κ1) is 13.6. The molecule has 0 bridgehead atoms. The minimum atomic E-state index is 1.13. The van der Waals surface area contributed by atoms with Crippen LogP contribution in [-0.2, 0) is 0 Å². The summed E-state index contributed by atoms with van der Waals surface area (Å²) in [6, 6.07) is 23.5. The fourth-order valence-electron chi connectivity index (χ4n) is 3.16. The molecule has 23 heavy (non-hydrogen) atoms. The molecule has 0 saturated carbocycles. The highest BCUT2D eigenvalue weighted by molar-refractivity contribution is 6.09. The fourth-order valence-corrected chi connectivity index (χ4v) is 3.16. The van der Waals surface area contributed by atoms with E-state index in [1.807, 2.05) is 12.2 Å². The van der Waals surface area contributed by atoms with Gasteiger partial charge in [-0.25, -0.2) is 0 Å². The van der Waals surface area contributed by atoms with E-state index >= 15 is 0 Å². The Kier molecular flexibility index (Phi) is 3.13. The summed E-state index contributed by atoms with van der Waals surface area (Å²) in [5.74, 6) is 0. The lowest BCUT2D eigenvalue weighted by atomic mass is 10.1. The zero-order chi connectivity index (χ0) is 15.8. The zero-order valence-corrected chi connectivity index (χ0v) is 12.9. The highest BCUT2D eigenvalue weighted by Gasteiger charge is 2.11. The van der Waals surface area contributed by atoms with E-state index in [9.17, 15) is 0 Å². The van der Waals surface area contributed by atoms with Crippen LogP contribution in [0.25, 0.3) is 39.6 Å². The number of benzene rings is 3. The molecule has 110 valence electrons. The van der Waals surface area contributed by atoms with Gasteiger partial charge >= 0.3 is 0 Å². The van der Waals surface area contributed by atoms with Crippen molar-refractivity contribution in [3.63, 3.8) is 0 Å². The van der Waals surface area contributed by atoms with Crippen LogP contribution in [0.4, 0.5) is 0 Å². The van der Waals surface area contributed by atoms with Crippen molar-refractivity contribution in [3.8, 4) is 5.69 Å². The molecule has 1 nitrogen and oxygen atoms in total. The van der Waals surface area contributed by atoms with Gasteiger partial charge in [0, 0.05) is 16.5 Å². The largest absolute Gasteiger partial charge is 0.309 e. The lowest BCUT2D eigenvalue weighted by Gasteiger charge is -2.08. The summed E-state index contributed by atoms with van der Waals surface area (Å²) in [6.45, 7) is 7.71. The lowest BCUT2D eigenvalue weighted by molar-refractivity contribution is 1.18. The maximum absolute atomic E-state index is 3.89. The molecule has 0 unspecified atom stereocenters. The molecule has 0 aliphatic rings. The van der Waals surface area contributed by atoms with Gasteiger partial charge in [-0.05, 0) is 41.5 Å². The summed E-state index contributed by atoms with van der Waals surface area (Å²) < 4.78 is 2.31. The third-order valence-corrected chi connectivity index (χ3v) is 4.32. The summed E-state index contributed by atoms with van der Waals surface area (Å²) in [4.78, 5) is 0. The quantitative estimate of drug-likeness (QED) is 0.432. The van der Waals surface area contributed by atoms with Crippen LogP contribution in [0.3, 0.4) is 0 Å². The van der Waals surface area contributed by atoms with Gasteiger partial charge in [0.25, 0.3) is 0 Å².